The number of fused-ring (bicyclic) bond motifs is 6. The third-order valence-corrected chi connectivity index (χ3v) is 8.04. The van der Waals surface area contributed by atoms with E-state index in [-0.39, 0.29) is 12.2 Å². The van der Waals surface area contributed by atoms with E-state index in [0.29, 0.717) is 17.6 Å². The molecule has 0 spiro atoms. The van der Waals surface area contributed by atoms with E-state index < -0.39 is 0 Å². The van der Waals surface area contributed by atoms with Gasteiger partial charge in [-0.3, -0.25) is 9.88 Å². The highest BCUT2D eigenvalue weighted by Crippen LogP contribution is 2.41. The number of benzene rings is 1. The zero-order chi connectivity index (χ0) is 23.5. The van der Waals surface area contributed by atoms with Crippen molar-refractivity contribution in [1.82, 2.24) is 20.2 Å². The molecule has 8 heteroatoms. The molecule has 0 amide bonds. The predicted octanol–water partition coefficient (Wildman–Crippen LogP) is 2.44. The van der Waals surface area contributed by atoms with Gasteiger partial charge in [0.15, 0.2) is 0 Å². The Morgan fingerprint density at radius 2 is 1.89 bits per heavy atom. The van der Waals surface area contributed by atoms with Gasteiger partial charge in [-0.05, 0) is 42.8 Å². The number of hydrogen-bond acceptors (Lipinski definition) is 8. The number of aromatic nitrogens is 2. The van der Waals surface area contributed by atoms with E-state index in [9.17, 15) is 5.26 Å². The molecule has 3 fully saturated rings. The van der Waals surface area contributed by atoms with Crippen LogP contribution in [0.2, 0.25) is 0 Å². The molecule has 7 rings (SSSR count). The lowest BCUT2D eigenvalue weighted by Crippen LogP contribution is -2.58. The van der Waals surface area contributed by atoms with Crippen LogP contribution in [0.1, 0.15) is 29.8 Å². The van der Waals surface area contributed by atoms with Gasteiger partial charge in [-0.2, -0.15) is 5.26 Å². The van der Waals surface area contributed by atoms with Crippen molar-refractivity contribution >= 4 is 22.4 Å². The van der Waals surface area contributed by atoms with Crippen LogP contribution in [-0.2, 0) is 11.3 Å². The maximum atomic E-state index is 9.54. The van der Waals surface area contributed by atoms with Crippen LogP contribution >= 0.6 is 0 Å². The van der Waals surface area contributed by atoms with Crippen LogP contribution < -0.4 is 15.1 Å². The highest BCUT2D eigenvalue weighted by molar-refractivity contribution is 5.95. The molecule has 2 aromatic heterocycles. The average Bonchev–Trinajstić information content (AvgIpc) is 3.26. The number of morpholine rings is 2. The first-order valence-corrected chi connectivity index (χ1v) is 12.6. The van der Waals surface area contributed by atoms with E-state index in [1.807, 2.05) is 12.1 Å². The van der Waals surface area contributed by atoms with Crippen molar-refractivity contribution in [1.29, 1.82) is 5.26 Å². The fourth-order valence-electron chi connectivity index (χ4n) is 6.40. The number of piperazine rings is 1. The summed E-state index contributed by atoms with van der Waals surface area (Å²) in [4.78, 5) is 17.2. The summed E-state index contributed by atoms with van der Waals surface area (Å²) in [7, 11) is 0. The molecule has 1 N–H and O–H groups in total. The summed E-state index contributed by atoms with van der Waals surface area (Å²) in [6.45, 7) is 8.68. The maximum absolute atomic E-state index is 9.54. The number of nitriles is 1. The Morgan fingerprint density at radius 3 is 2.71 bits per heavy atom. The topological polar surface area (TPSA) is 80.5 Å². The van der Waals surface area contributed by atoms with Crippen LogP contribution in [0.3, 0.4) is 0 Å². The van der Waals surface area contributed by atoms with Gasteiger partial charge in [-0.15, -0.1) is 0 Å². The first kappa shape index (κ1) is 21.1. The lowest BCUT2D eigenvalue weighted by Gasteiger charge is -2.43. The second-order valence-corrected chi connectivity index (χ2v) is 10.2. The number of nitrogens with one attached hydrogen (secondary N) is 1. The number of anilines is 2. The zero-order valence-electron chi connectivity index (χ0n) is 19.9. The monoisotopic (exact) mass is 467 g/mol. The number of hydrogen-bond donors (Lipinski definition) is 1. The summed E-state index contributed by atoms with van der Waals surface area (Å²) in [6, 6.07) is 15.5. The normalized spacial score (nSPS) is 28.0. The molecule has 3 aromatic rings. The van der Waals surface area contributed by atoms with E-state index in [0.717, 1.165) is 68.2 Å². The zero-order valence-corrected chi connectivity index (χ0v) is 19.9. The molecule has 0 saturated carbocycles. The molecule has 2 unspecified atom stereocenters. The molecule has 178 valence electrons. The van der Waals surface area contributed by atoms with Crippen LogP contribution in [0.25, 0.3) is 10.9 Å². The molecule has 3 saturated heterocycles. The average molecular weight is 468 g/mol. The van der Waals surface area contributed by atoms with Crippen LogP contribution in [0, 0.1) is 11.3 Å². The Kier molecular flexibility index (Phi) is 4.91. The van der Waals surface area contributed by atoms with Crippen molar-refractivity contribution < 1.29 is 4.74 Å². The molecule has 4 aliphatic heterocycles. The highest BCUT2D eigenvalue weighted by atomic mass is 16.5. The lowest BCUT2D eigenvalue weighted by atomic mass is 10.0. The van der Waals surface area contributed by atoms with E-state index in [1.54, 1.807) is 6.20 Å². The van der Waals surface area contributed by atoms with Crippen LogP contribution in [0.15, 0.2) is 42.6 Å². The molecule has 0 aliphatic carbocycles. The quantitative estimate of drug-likeness (QED) is 0.616. The number of ether oxygens (including phenoxy) is 1. The van der Waals surface area contributed by atoms with Crippen molar-refractivity contribution in [3.63, 3.8) is 0 Å². The predicted molar refractivity (Wildman–Crippen MR) is 134 cm³/mol. The van der Waals surface area contributed by atoms with Crippen molar-refractivity contribution in [3.8, 4) is 6.07 Å². The molecule has 4 atom stereocenters. The van der Waals surface area contributed by atoms with Gasteiger partial charge in [0.1, 0.15) is 11.9 Å². The van der Waals surface area contributed by atoms with E-state index in [1.165, 1.54) is 11.3 Å². The van der Waals surface area contributed by atoms with Gasteiger partial charge in [-0.25, -0.2) is 4.98 Å². The molecule has 35 heavy (non-hydrogen) atoms. The third kappa shape index (κ3) is 3.46. The minimum Gasteiger partial charge on any atom is -0.369 e. The van der Waals surface area contributed by atoms with Gasteiger partial charge in [0, 0.05) is 69.1 Å². The maximum Gasteiger partial charge on any atom is 0.129 e. The summed E-state index contributed by atoms with van der Waals surface area (Å²) in [5.41, 5.74) is 5.12. The molecule has 4 aliphatic rings. The van der Waals surface area contributed by atoms with E-state index in [4.69, 9.17) is 9.72 Å². The fraction of sp³-hybridized carbons (Fsp3) is 0.444. The Hall–Kier alpha value is -3.25. The first-order valence-electron chi connectivity index (χ1n) is 12.6. The van der Waals surface area contributed by atoms with Crippen LogP contribution in [0.5, 0.6) is 0 Å². The van der Waals surface area contributed by atoms with Gasteiger partial charge in [0.2, 0.25) is 0 Å². The molecule has 8 nitrogen and oxygen atoms in total. The Bertz CT molecular complexity index is 1320. The highest BCUT2D eigenvalue weighted by Gasteiger charge is 2.40. The van der Waals surface area contributed by atoms with Crippen molar-refractivity contribution in [2.45, 2.75) is 37.8 Å². The molecule has 2 bridgehead atoms. The van der Waals surface area contributed by atoms with Crippen LogP contribution in [0.4, 0.5) is 11.5 Å². The summed E-state index contributed by atoms with van der Waals surface area (Å²) >= 11 is 0. The van der Waals surface area contributed by atoms with Crippen molar-refractivity contribution in [2.24, 2.45) is 0 Å². The summed E-state index contributed by atoms with van der Waals surface area (Å²) in [5.74, 6) is 1.08. The summed E-state index contributed by atoms with van der Waals surface area (Å²) in [5, 5.41) is 14.1. The van der Waals surface area contributed by atoms with Gasteiger partial charge >= 0.3 is 0 Å². The summed E-state index contributed by atoms with van der Waals surface area (Å²) < 4.78 is 6.09. The van der Waals surface area contributed by atoms with Gasteiger partial charge < -0.3 is 19.9 Å². The molecule has 6 heterocycles. The second kappa shape index (κ2) is 8.16. The molecular weight excluding hydrogens is 438 g/mol. The smallest absolute Gasteiger partial charge is 0.129 e. The minimum atomic E-state index is 0.245. The van der Waals surface area contributed by atoms with Crippen LogP contribution in [-0.4, -0.2) is 72.4 Å². The van der Waals surface area contributed by atoms with Gasteiger partial charge in [-0.1, -0.05) is 6.07 Å². The summed E-state index contributed by atoms with van der Waals surface area (Å²) in [6.07, 6.45) is 2.26. The second-order valence-electron chi connectivity index (χ2n) is 10.2. The first-order chi connectivity index (χ1) is 17.2. The fourth-order valence-corrected chi connectivity index (χ4v) is 6.40. The largest absolute Gasteiger partial charge is 0.369 e. The SMILES string of the molecule is C[C@@H]1CN(c2ccc(C#N)c3ncccc23)C[C@@H]2c3ccc(N4CC5CNCC(C4)O5)nc3CN12. The van der Waals surface area contributed by atoms with Crippen molar-refractivity contribution in [3.05, 3.63) is 59.4 Å². The Balaban J connectivity index is 1.19. The standard InChI is InChI=1S/C27H29N7O/c1-17-12-32(24-6-4-18(9-28)27-22(24)3-2-8-30-27)16-25-21-5-7-26(31-23(21)15-34(17)25)33-13-19-10-29-11-20(14-33)35-19/h2-8,17,19-20,25,29H,10-16H2,1H3/t17-,19?,20?,25-/m1/s1. The van der Waals surface area contributed by atoms with Crippen molar-refractivity contribution in [2.75, 3.05) is 49.1 Å². The Morgan fingerprint density at radius 1 is 1.03 bits per heavy atom. The number of nitrogens with zero attached hydrogens (tertiary/aromatic N) is 6. The van der Waals surface area contributed by atoms with Gasteiger partial charge in [0.25, 0.3) is 0 Å². The minimum absolute atomic E-state index is 0.245. The molecule has 0 radical (unpaired) electrons. The molecule has 1 aromatic carbocycles. The number of rotatable bonds is 2. The third-order valence-electron chi connectivity index (χ3n) is 8.04. The van der Waals surface area contributed by atoms with E-state index >= 15 is 0 Å². The lowest BCUT2D eigenvalue weighted by molar-refractivity contribution is -0.0486. The molecular formula is C27H29N7O. The van der Waals surface area contributed by atoms with Gasteiger partial charge in [0.05, 0.1) is 35.0 Å². The Labute approximate surface area is 205 Å². The number of pyridine rings is 2. The van der Waals surface area contributed by atoms with E-state index in [2.05, 4.69) is 62.3 Å².